The quantitative estimate of drug-likeness (QED) is 0.833. The highest BCUT2D eigenvalue weighted by Crippen LogP contribution is 2.30. The molecule has 20 heavy (non-hydrogen) atoms. The molecule has 0 spiro atoms. The van der Waals surface area contributed by atoms with E-state index in [2.05, 4.69) is 0 Å². The van der Waals surface area contributed by atoms with Crippen molar-refractivity contribution in [3.05, 3.63) is 29.1 Å². The highest BCUT2D eigenvalue weighted by molar-refractivity contribution is 5.95. The van der Waals surface area contributed by atoms with E-state index in [0.717, 1.165) is 12.8 Å². The summed E-state index contributed by atoms with van der Waals surface area (Å²) in [7, 11) is 1.58. The third-order valence-electron chi connectivity index (χ3n) is 3.92. The Hall–Kier alpha value is -1.62. The van der Waals surface area contributed by atoms with Crippen LogP contribution in [0.5, 0.6) is 0 Å². The molecular weight excluding hydrogens is 259 g/mol. The fourth-order valence-corrected chi connectivity index (χ4v) is 2.86. The van der Waals surface area contributed by atoms with Crippen molar-refractivity contribution < 1.29 is 14.3 Å². The number of carbonyl (C=O) groups is 1. The second-order valence-corrected chi connectivity index (χ2v) is 5.79. The molecule has 4 nitrogen and oxygen atoms in total. The molecule has 1 saturated carbocycles. The zero-order valence-corrected chi connectivity index (χ0v) is 11.9. The number of aryl methyl sites for hydroxylation is 1. The summed E-state index contributed by atoms with van der Waals surface area (Å²) in [5.41, 5.74) is 5.51. The molecule has 0 unspecified atom stereocenters. The zero-order chi connectivity index (χ0) is 14.9. The molecule has 0 saturated heterocycles. The molecule has 1 fully saturated rings. The number of likely N-dealkylation sites (N-methyl/N-ethyl adjacent to an activating group) is 1. The van der Waals surface area contributed by atoms with E-state index < -0.39 is 17.3 Å². The van der Waals surface area contributed by atoms with Gasteiger partial charge in [0, 0.05) is 19.3 Å². The summed E-state index contributed by atoms with van der Waals surface area (Å²) in [6.07, 6.45) is 3.29. The van der Waals surface area contributed by atoms with Crippen LogP contribution in [0.25, 0.3) is 0 Å². The molecule has 1 aliphatic rings. The summed E-state index contributed by atoms with van der Waals surface area (Å²) in [5.74, 6) is -0.993. The number of carbonyl (C=O) groups excluding carboxylic acids is 1. The average Bonchev–Trinajstić information content (AvgIpc) is 2.79. The number of nitrogens with zero attached hydrogens (tertiary/aromatic N) is 1. The minimum atomic E-state index is -0.837. The van der Waals surface area contributed by atoms with Crippen molar-refractivity contribution in [3.8, 4) is 0 Å². The molecule has 0 aliphatic heterocycles. The SMILES string of the molecule is Cc1cc(N)cc(C(=O)N(C)CC2(O)CCCC2)c1F. The van der Waals surface area contributed by atoms with Gasteiger partial charge in [0.05, 0.1) is 11.2 Å². The first-order chi connectivity index (χ1) is 9.32. The second-order valence-electron chi connectivity index (χ2n) is 5.79. The normalized spacial score (nSPS) is 17.2. The van der Waals surface area contributed by atoms with Crippen LogP contribution >= 0.6 is 0 Å². The minimum Gasteiger partial charge on any atom is -0.399 e. The summed E-state index contributed by atoms with van der Waals surface area (Å²) in [5, 5.41) is 10.3. The molecule has 2 rings (SSSR count). The standard InChI is InChI=1S/C15H21FN2O2/c1-10-7-11(17)8-12(13(10)16)14(19)18(2)9-15(20)5-3-4-6-15/h7-8,20H,3-6,9,17H2,1-2H3. The maximum atomic E-state index is 14.0. The van der Waals surface area contributed by atoms with Crippen LogP contribution in [0.15, 0.2) is 12.1 Å². The van der Waals surface area contributed by atoms with Gasteiger partial charge in [0.15, 0.2) is 0 Å². The summed E-state index contributed by atoms with van der Waals surface area (Å²) in [6, 6.07) is 2.84. The number of aliphatic hydroxyl groups is 1. The molecule has 0 bridgehead atoms. The van der Waals surface area contributed by atoms with Crippen LogP contribution in [0.4, 0.5) is 10.1 Å². The van der Waals surface area contributed by atoms with Crippen LogP contribution in [0.1, 0.15) is 41.6 Å². The number of benzene rings is 1. The van der Waals surface area contributed by atoms with Crippen LogP contribution in [0.2, 0.25) is 0 Å². The summed E-state index contributed by atoms with van der Waals surface area (Å²) < 4.78 is 14.0. The fourth-order valence-electron chi connectivity index (χ4n) is 2.86. The van der Waals surface area contributed by atoms with E-state index in [0.29, 0.717) is 24.1 Å². The smallest absolute Gasteiger partial charge is 0.256 e. The van der Waals surface area contributed by atoms with Crippen molar-refractivity contribution in [3.63, 3.8) is 0 Å². The van der Waals surface area contributed by atoms with E-state index in [4.69, 9.17) is 5.73 Å². The van der Waals surface area contributed by atoms with Crippen LogP contribution in [0.3, 0.4) is 0 Å². The van der Waals surface area contributed by atoms with Crippen molar-refractivity contribution >= 4 is 11.6 Å². The molecule has 1 aliphatic carbocycles. The molecule has 110 valence electrons. The van der Waals surface area contributed by atoms with Crippen molar-refractivity contribution in [1.82, 2.24) is 4.90 Å². The molecule has 0 atom stereocenters. The maximum Gasteiger partial charge on any atom is 0.256 e. The summed E-state index contributed by atoms with van der Waals surface area (Å²) >= 11 is 0. The van der Waals surface area contributed by atoms with Gasteiger partial charge >= 0.3 is 0 Å². The Morgan fingerprint density at radius 2 is 2.05 bits per heavy atom. The Labute approximate surface area is 118 Å². The van der Waals surface area contributed by atoms with Crippen LogP contribution < -0.4 is 5.73 Å². The van der Waals surface area contributed by atoms with E-state index in [1.807, 2.05) is 0 Å². The first-order valence-electron chi connectivity index (χ1n) is 6.86. The second kappa shape index (κ2) is 5.40. The summed E-state index contributed by atoms with van der Waals surface area (Å²) in [4.78, 5) is 13.7. The van der Waals surface area contributed by atoms with Crippen molar-refractivity contribution in [2.75, 3.05) is 19.3 Å². The van der Waals surface area contributed by atoms with Crippen molar-refractivity contribution in [1.29, 1.82) is 0 Å². The first kappa shape index (κ1) is 14.8. The molecule has 0 radical (unpaired) electrons. The number of hydrogen-bond acceptors (Lipinski definition) is 3. The van der Waals surface area contributed by atoms with Gasteiger partial charge in [-0.3, -0.25) is 4.79 Å². The molecular formula is C15H21FN2O2. The number of amides is 1. The van der Waals surface area contributed by atoms with Crippen LogP contribution in [-0.4, -0.2) is 35.1 Å². The Morgan fingerprint density at radius 1 is 1.45 bits per heavy atom. The molecule has 5 heteroatoms. The number of nitrogens with two attached hydrogens (primary N) is 1. The van der Waals surface area contributed by atoms with E-state index in [1.165, 1.54) is 17.0 Å². The van der Waals surface area contributed by atoms with E-state index >= 15 is 0 Å². The Kier molecular flexibility index (Phi) is 3.99. The lowest BCUT2D eigenvalue weighted by molar-refractivity contribution is 0.0155. The summed E-state index contributed by atoms with van der Waals surface area (Å²) in [6.45, 7) is 1.80. The lowest BCUT2D eigenvalue weighted by Gasteiger charge is -2.28. The lowest BCUT2D eigenvalue weighted by Crippen LogP contribution is -2.42. The van der Waals surface area contributed by atoms with Gasteiger partial charge in [-0.1, -0.05) is 12.8 Å². The number of rotatable bonds is 3. The van der Waals surface area contributed by atoms with Gasteiger partial charge in [-0.15, -0.1) is 0 Å². The van der Waals surface area contributed by atoms with Gasteiger partial charge < -0.3 is 15.7 Å². The van der Waals surface area contributed by atoms with Crippen LogP contribution in [0, 0.1) is 12.7 Å². The third kappa shape index (κ3) is 2.93. The third-order valence-corrected chi connectivity index (χ3v) is 3.92. The van der Waals surface area contributed by atoms with Crippen LogP contribution in [-0.2, 0) is 0 Å². The predicted molar refractivity (Wildman–Crippen MR) is 75.9 cm³/mol. The van der Waals surface area contributed by atoms with E-state index in [-0.39, 0.29) is 12.1 Å². The molecule has 1 amide bonds. The number of nitrogen functional groups attached to an aromatic ring is 1. The topological polar surface area (TPSA) is 66.6 Å². The molecule has 3 N–H and O–H groups in total. The Bertz CT molecular complexity index is 525. The Morgan fingerprint density at radius 3 is 2.65 bits per heavy atom. The van der Waals surface area contributed by atoms with Gasteiger partial charge in [0.1, 0.15) is 5.82 Å². The van der Waals surface area contributed by atoms with E-state index in [9.17, 15) is 14.3 Å². The first-order valence-corrected chi connectivity index (χ1v) is 6.86. The van der Waals surface area contributed by atoms with Gasteiger partial charge in [-0.25, -0.2) is 4.39 Å². The molecule has 1 aromatic rings. The molecule has 1 aromatic carbocycles. The van der Waals surface area contributed by atoms with Gasteiger partial charge in [-0.05, 0) is 37.5 Å². The van der Waals surface area contributed by atoms with Crippen molar-refractivity contribution in [2.24, 2.45) is 0 Å². The largest absolute Gasteiger partial charge is 0.399 e. The number of halogens is 1. The zero-order valence-electron chi connectivity index (χ0n) is 11.9. The highest BCUT2D eigenvalue weighted by atomic mass is 19.1. The number of hydrogen-bond donors (Lipinski definition) is 2. The Balaban J connectivity index is 2.18. The fraction of sp³-hybridized carbons (Fsp3) is 0.533. The predicted octanol–water partition coefficient (Wildman–Crippen LogP) is 2.09. The molecule has 0 aromatic heterocycles. The van der Waals surface area contributed by atoms with Gasteiger partial charge in [-0.2, -0.15) is 0 Å². The monoisotopic (exact) mass is 280 g/mol. The molecule has 0 heterocycles. The minimum absolute atomic E-state index is 0.0356. The maximum absolute atomic E-state index is 14.0. The lowest BCUT2D eigenvalue weighted by atomic mass is 10.0. The van der Waals surface area contributed by atoms with Gasteiger partial charge in [0.25, 0.3) is 5.91 Å². The van der Waals surface area contributed by atoms with Gasteiger partial charge in [0.2, 0.25) is 0 Å². The average molecular weight is 280 g/mol. The highest BCUT2D eigenvalue weighted by Gasteiger charge is 2.34. The van der Waals surface area contributed by atoms with Crippen molar-refractivity contribution in [2.45, 2.75) is 38.2 Å². The van der Waals surface area contributed by atoms with E-state index in [1.54, 1.807) is 14.0 Å². The number of anilines is 1.